The van der Waals surface area contributed by atoms with Gasteiger partial charge in [-0.05, 0) is 85.7 Å². The van der Waals surface area contributed by atoms with Crippen LogP contribution in [0.2, 0.25) is 0 Å². The summed E-state index contributed by atoms with van der Waals surface area (Å²) < 4.78 is 11.9. The van der Waals surface area contributed by atoms with Crippen LogP contribution in [0.1, 0.15) is 83.2 Å². The summed E-state index contributed by atoms with van der Waals surface area (Å²) in [6.45, 7) is 1.71. The van der Waals surface area contributed by atoms with E-state index in [0.29, 0.717) is 5.41 Å². The van der Waals surface area contributed by atoms with Crippen molar-refractivity contribution in [3.05, 3.63) is 89.0 Å². The van der Waals surface area contributed by atoms with E-state index in [1.165, 1.54) is 11.1 Å². The molecule has 2 saturated heterocycles. The van der Waals surface area contributed by atoms with Crippen LogP contribution in [-0.2, 0) is 19.7 Å². The predicted molar refractivity (Wildman–Crippen MR) is 171 cm³/mol. The van der Waals surface area contributed by atoms with E-state index in [2.05, 4.69) is 47.0 Å². The van der Waals surface area contributed by atoms with Gasteiger partial charge in [-0.15, -0.1) is 0 Å². The zero-order valence-corrected chi connectivity index (χ0v) is 26.0. The minimum absolute atomic E-state index is 0.0539. The number of fused-ring (bicyclic) bond motifs is 1. The number of nitrogens with one attached hydrogen (secondary N) is 2. The number of rotatable bonds is 7. The van der Waals surface area contributed by atoms with Crippen LogP contribution >= 0.6 is 0 Å². The zero-order chi connectivity index (χ0) is 32.3. The average Bonchev–Trinajstić information content (AvgIpc) is 3.28. The van der Waals surface area contributed by atoms with E-state index in [-0.39, 0.29) is 47.3 Å². The molecule has 3 aromatic rings. The van der Waals surface area contributed by atoms with Crippen molar-refractivity contribution in [2.75, 3.05) is 18.5 Å². The number of phenolic OH excluding ortho intramolecular Hbond substituents is 1. The first-order valence-electron chi connectivity index (χ1n) is 16.5. The molecule has 0 aromatic heterocycles. The second-order valence-corrected chi connectivity index (χ2v) is 13.9. The molecule has 2 aliphatic carbocycles. The summed E-state index contributed by atoms with van der Waals surface area (Å²) in [5.74, 6) is -0.940. The molecule has 1 atom stereocenters. The highest BCUT2D eigenvalue weighted by molar-refractivity contribution is 6.23. The maximum atomic E-state index is 13.2. The summed E-state index contributed by atoms with van der Waals surface area (Å²) in [6.07, 6.45) is 6.16. The molecular weight excluding hydrogens is 598 g/mol. The Morgan fingerprint density at radius 3 is 2.13 bits per heavy atom. The Labute approximate surface area is 272 Å². The zero-order valence-electron chi connectivity index (χ0n) is 26.0. The van der Waals surface area contributed by atoms with E-state index >= 15 is 0 Å². The van der Waals surface area contributed by atoms with Gasteiger partial charge in [-0.3, -0.25) is 29.4 Å². The van der Waals surface area contributed by atoms with E-state index in [1.807, 2.05) is 0 Å². The number of carbonyl (C=O) groups excluding carboxylic acids is 4. The Hall–Kier alpha value is -4.70. The van der Waals surface area contributed by atoms with Crippen molar-refractivity contribution in [3.63, 3.8) is 0 Å². The summed E-state index contributed by atoms with van der Waals surface area (Å²) in [5, 5.41) is 15.6. The Morgan fingerprint density at radius 2 is 1.49 bits per heavy atom. The fourth-order valence-electron chi connectivity index (χ4n) is 8.03. The van der Waals surface area contributed by atoms with Crippen molar-refractivity contribution in [2.45, 2.75) is 75.0 Å². The molecule has 3 N–H and O–H groups in total. The summed E-state index contributed by atoms with van der Waals surface area (Å²) in [7, 11) is 0. The molecule has 3 aromatic carbocycles. The molecule has 1 unspecified atom stereocenters. The van der Waals surface area contributed by atoms with Crippen molar-refractivity contribution >= 4 is 29.3 Å². The number of anilines is 1. The van der Waals surface area contributed by atoms with Crippen LogP contribution in [0, 0.1) is 5.41 Å². The van der Waals surface area contributed by atoms with Gasteiger partial charge >= 0.3 is 0 Å². The lowest BCUT2D eigenvalue weighted by Gasteiger charge is -2.51. The standard InChI is InChI=1S/C37H37N3O7/c41-26-6-1-22(2-7-26)37(15-13-36(14-16-37)20-46-21-36)23-3-8-27(9-4-23)47-28-17-25(18-28)38-24-5-10-29-30(19-24)35(45)40(34(29)44)31-11-12-32(42)39-33(31)43/h1-10,19,25,28,31,38,41H,11-18,20-21H2,(H,39,42,43). The number of amides is 4. The largest absolute Gasteiger partial charge is 0.508 e. The number of piperidine rings is 1. The van der Waals surface area contributed by atoms with Crippen LogP contribution in [0.25, 0.3) is 0 Å². The van der Waals surface area contributed by atoms with Crippen LogP contribution in [-0.4, -0.2) is 65.0 Å². The first-order valence-corrected chi connectivity index (χ1v) is 16.5. The molecule has 0 bridgehead atoms. The van der Waals surface area contributed by atoms with E-state index in [1.54, 1.807) is 30.3 Å². The topological polar surface area (TPSA) is 134 Å². The van der Waals surface area contributed by atoms with Gasteiger partial charge in [-0.2, -0.15) is 0 Å². The lowest BCUT2D eigenvalue weighted by atomic mass is 9.58. The van der Waals surface area contributed by atoms with Gasteiger partial charge in [0, 0.05) is 41.8 Å². The molecule has 47 heavy (non-hydrogen) atoms. The normalized spacial score (nSPS) is 25.9. The second-order valence-electron chi connectivity index (χ2n) is 13.9. The van der Waals surface area contributed by atoms with Crippen LogP contribution < -0.4 is 15.4 Å². The number of nitrogens with zero attached hydrogens (tertiary/aromatic N) is 1. The Kier molecular flexibility index (Phi) is 7.09. The van der Waals surface area contributed by atoms with E-state index in [9.17, 15) is 24.3 Å². The number of ether oxygens (including phenoxy) is 2. The van der Waals surface area contributed by atoms with Gasteiger partial charge in [0.15, 0.2) is 0 Å². The third-order valence-corrected chi connectivity index (χ3v) is 11.0. The van der Waals surface area contributed by atoms with E-state index in [0.717, 1.165) is 68.1 Å². The number of hydrogen-bond acceptors (Lipinski definition) is 8. The fraction of sp³-hybridized carbons (Fsp3) is 0.405. The Morgan fingerprint density at radius 1 is 0.830 bits per heavy atom. The average molecular weight is 636 g/mol. The lowest BCUT2D eigenvalue weighted by Crippen LogP contribution is -2.54. The first kappa shape index (κ1) is 29.7. The molecule has 4 amide bonds. The van der Waals surface area contributed by atoms with Gasteiger partial charge in [0.2, 0.25) is 11.8 Å². The number of hydrogen-bond donors (Lipinski definition) is 3. The Bertz CT molecular complexity index is 1750. The van der Waals surface area contributed by atoms with Crippen molar-refractivity contribution in [1.82, 2.24) is 10.2 Å². The summed E-state index contributed by atoms with van der Waals surface area (Å²) in [6, 6.07) is 20.4. The Balaban J connectivity index is 0.892. The summed E-state index contributed by atoms with van der Waals surface area (Å²) in [4.78, 5) is 51.0. The molecule has 242 valence electrons. The van der Waals surface area contributed by atoms with Crippen molar-refractivity contribution in [3.8, 4) is 11.5 Å². The smallest absolute Gasteiger partial charge is 0.262 e. The maximum absolute atomic E-state index is 13.2. The minimum atomic E-state index is -0.981. The highest BCUT2D eigenvalue weighted by Crippen LogP contribution is 2.53. The fourth-order valence-corrected chi connectivity index (χ4v) is 8.03. The van der Waals surface area contributed by atoms with Crippen molar-refractivity contribution in [2.24, 2.45) is 5.41 Å². The molecule has 10 nitrogen and oxygen atoms in total. The number of imide groups is 2. The molecular formula is C37H37N3O7. The molecule has 8 rings (SSSR count). The highest BCUT2D eigenvalue weighted by atomic mass is 16.5. The molecule has 3 heterocycles. The van der Waals surface area contributed by atoms with Crippen molar-refractivity contribution < 1.29 is 33.8 Å². The maximum Gasteiger partial charge on any atom is 0.262 e. The molecule has 1 spiro atoms. The van der Waals surface area contributed by atoms with Crippen LogP contribution in [0.3, 0.4) is 0 Å². The lowest BCUT2D eigenvalue weighted by molar-refractivity contribution is -0.136. The molecule has 2 saturated carbocycles. The molecule has 5 aliphatic rings. The van der Waals surface area contributed by atoms with E-state index < -0.39 is 29.7 Å². The minimum Gasteiger partial charge on any atom is -0.508 e. The van der Waals surface area contributed by atoms with E-state index in [4.69, 9.17) is 9.47 Å². The number of aromatic hydroxyl groups is 1. The second kappa shape index (κ2) is 11.2. The monoisotopic (exact) mass is 635 g/mol. The molecule has 4 fully saturated rings. The van der Waals surface area contributed by atoms with Crippen molar-refractivity contribution in [1.29, 1.82) is 0 Å². The molecule has 3 aliphatic heterocycles. The first-order chi connectivity index (χ1) is 22.7. The van der Waals surface area contributed by atoms with Gasteiger partial charge in [0.25, 0.3) is 11.8 Å². The number of phenols is 1. The summed E-state index contributed by atoms with van der Waals surface area (Å²) >= 11 is 0. The highest BCUT2D eigenvalue weighted by Gasteiger charge is 2.48. The third kappa shape index (κ3) is 5.15. The quantitative estimate of drug-likeness (QED) is 0.319. The van der Waals surface area contributed by atoms with Gasteiger partial charge in [-0.1, -0.05) is 24.3 Å². The van der Waals surface area contributed by atoms with Gasteiger partial charge in [0.05, 0.1) is 24.3 Å². The SMILES string of the molecule is O=C1CCC(N2C(=O)c3ccc(NC4CC(Oc5ccc(C6(c7ccc(O)cc7)CCC7(CC6)COC7)cc5)C4)cc3C2=O)C(=O)N1. The van der Waals surface area contributed by atoms with Crippen LogP contribution in [0.4, 0.5) is 5.69 Å². The molecule has 0 radical (unpaired) electrons. The molecule has 10 heteroatoms. The predicted octanol–water partition coefficient (Wildman–Crippen LogP) is 4.69. The third-order valence-electron chi connectivity index (χ3n) is 11.0. The van der Waals surface area contributed by atoms with Crippen LogP contribution in [0.5, 0.6) is 11.5 Å². The van der Waals surface area contributed by atoms with Gasteiger partial charge in [-0.25, -0.2) is 0 Å². The summed E-state index contributed by atoms with van der Waals surface area (Å²) in [5.41, 5.74) is 3.95. The number of benzene rings is 3. The van der Waals surface area contributed by atoms with Crippen LogP contribution in [0.15, 0.2) is 66.7 Å². The number of carbonyl (C=O) groups is 4. The van der Waals surface area contributed by atoms with Gasteiger partial charge < -0.3 is 19.9 Å². The van der Waals surface area contributed by atoms with Gasteiger partial charge in [0.1, 0.15) is 23.6 Å².